The predicted octanol–water partition coefficient (Wildman–Crippen LogP) is 0.728. The molecule has 0 aromatic carbocycles. The molecule has 5 nitrogen and oxygen atoms in total. The Morgan fingerprint density at radius 2 is 1.59 bits per heavy atom. The maximum Gasteiger partial charge on any atom is 0.141 e. The van der Waals surface area contributed by atoms with Crippen molar-refractivity contribution in [2.45, 2.75) is 17.9 Å². The molecule has 3 atom stereocenters. The first-order valence-corrected chi connectivity index (χ1v) is 7.58. The first kappa shape index (κ1) is 17.4. The van der Waals surface area contributed by atoms with Gasteiger partial charge >= 0.3 is 0 Å². The SMILES string of the molecule is CN(C)C1CC[P](=NP)C1(N(C)C)N(C)C.O. The highest BCUT2D eigenvalue weighted by Crippen LogP contribution is 2.55. The standard InChI is InChI=1S/C10H25N4P2.H2O/c1-12(2)9-7-8-16(11-15)10(9,13(3)4)14(5)6;/h9H,7-8,15H2,1-6H3;1H2. The van der Waals surface area contributed by atoms with Crippen LogP contribution in [0.1, 0.15) is 6.42 Å². The smallest absolute Gasteiger partial charge is 0.141 e. The van der Waals surface area contributed by atoms with Crippen molar-refractivity contribution in [1.82, 2.24) is 14.7 Å². The summed E-state index contributed by atoms with van der Waals surface area (Å²) in [5, 5.41) is 0.0700. The molecule has 1 fully saturated rings. The average Bonchev–Trinajstić information content (AvgIpc) is 2.56. The minimum atomic E-state index is -0.343. The Morgan fingerprint density at radius 3 is 1.88 bits per heavy atom. The fraction of sp³-hybridized carbons (Fsp3) is 1.00. The van der Waals surface area contributed by atoms with Gasteiger partial charge in [-0.1, -0.05) is 0 Å². The molecular formula is C10H27N4OP2. The lowest BCUT2D eigenvalue weighted by atomic mass is 10.1. The molecule has 0 spiro atoms. The lowest BCUT2D eigenvalue weighted by Crippen LogP contribution is -2.61. The third-order valence-corrected chi connectivity index (χ3v) is 7.18. The van der Waals surface area contributed by atoms with Crippen molar-refractivity contribution in [3.8, 4) is 0 Å². The highest BCUT2D eigenvalue weighted by atomic mass is 31.1. The Hall–Kier alpha value is 0.370. The van der Waals surface area contributed by atoms with Crippen molar-refractivity contribution in [1.29, 1.82) is 0 Å². The molecule has 2 N–H and O–H groups in total. The zero-order chi connectivity index (χ0) is 12.5. The van der Waals surface area contributed by atoms with E-state index in [2.05, 4.69) is 70.9 Å². The van der Waals surface area contributed by atoms with Gasteiger partial charge in [-0.05, 0) is 65.8 Å². The summed E-state index contributed by atoms with van der Waals surface area (Å²) in [6, 6.07) is 0.549. The van der Waals surface area contributed by atoms with Gasteiger partial charge in [0.05, 0.1) is 6.04 Å². The highest BCUT2D eigenvalue weighted by Gasteiger charge is 2.52. The summed E-state index contributed by atoms with van der Waals surface area (Å²) >= 11 is 0. The highest BCUT2D eigenvalue weighted by molar-refractivity contribution is 7.53. The molecule has 0 amide bonds. The Kier molecular flexibility index (Phi) is 6.65. The van der Waals surface area contributed by atoms with Gasteiger partial charge in [-0.15, -0.1) is 0 Å². The molecule has 103 valence electrons. The first-order valence-electron chi connectivity index (χ1n) is 5.58. The van der Waals surface area contributed by atoms with Crippen LogP contribution in [0.15, 0.2) is 4.52 Å². The van der Waals surface area contributed by atoms with Gasteiger partial charge < -0.3 is 10.4 Å². The molecule has 0 bridgehead atoms. The zero-order valence-electron chi connectivity index (χ0n) is 11.8. The number of nitrogens with zero attached hydrogens (tertiary/aromatic N) is 4. The third kappa shape index (κ3) is 2.70. The minimum Gasteiger partial charge on any atom is -0.412 e. The topological polar surface area (TPSA) is 53.6 Å². The van der Waals surface area contributed by atoms with Gasteiger partial charge in [0.1, 0.15) is 5.40 Å². The maximum atomic E-state index is 4.59. The summed E-state index contributed by atoms with van der Waals surface area (Å²) in [4.78, 5) is 7.05. The van der Waals surface area contributed by atoms with E-state index in [1.165, 1.54) is 12.6 Å². The van der Waals surface area contributed by atoms with E-state index < -0.39 is 0 Å². The van der Waals surface area contributed by atoms with E-state index in [0.717, 1.165) is 0 Å². The van der Waals surface area contributed by atoms with Gasteiger partial charge in [-0.25, -0.2) is 0 Å². The van der Waals surface area contributed by atoms with E-state index in [1.807, 2.05) is 0 Å². The first-order chi connectivity index (χ1) is 7.38. The van der Waals surface area contributed by atoms with E-state index in [4.69, 9.17) is 0 Å². The summed E-state index contributed by atoms with van der Waals surface area (Å²) in [5.41, 5.74) is 0. The summed E-state index contributed by atoms with van der Waals surface area (Å²) in [6.07, 6.45) is 2.45. The van der Waals surface area contributed by atoms with Crippen LogP contribution in [-0.4, -0.2) is 80.1 Å². The molecule has 1 aliphatic rings. The molecule has 17 heavy (non-hydrogen) atoms. The molecular weight excluding hydrogens is 254 g/mol. The van der Waals surface area contributed by atoms with Crippen LogP contribution in [0.25, 0.3) is 0 Å². The van der Waals surface area contributed by atoms with Crippen molar-refractivity contribution in [3.05, 3.63) is 0 Å². The molecule has 3 unspecified atom stereocenters. The third-order valence-electron chi connectivity index (χ3n) is 3.52. The van der Waals surface area contributed by atoms with Gasteiger partial charge in [0.15, 0.2) is 0 Å². The minimum absolute atomic E-state index is 0. The largest absolute Gasteiger partial charge is 0.412 e. The van der Waals surface area contributed by atoms with Crippen LogP contribution >= 0.6 is 17.1 Å². The number of hydrogen-bond acceptors (Lipinski definition) is 4. The molecule has 0 saturated carbocycles. The summed E-state index contributed by atoms with van der Waals surface area (Å²) < 4.78 is 4.59. The van der Waals surface area contributed by atoms with E-state index in [0.29, 0.717) is 6.04 Å². The number of likely N-dealkylation sites (N-methyl/N-ethyl adjacent to an activating group) is 3. The molecule has 1 saturated heterocycles. The van der Waals surface area contributed by atoms with E-state index >= 15 is 0 Å². The molecule has 0 aromatic heterocycles. The van der Waals surface area contributed by atoms with Crippen LogP contribution in [-0.2, 0) is 0 Å². The predicted molar refractivity (Wildman–Crippen MR) is 79.7 cm³/mol. The summed E-state index contributed by atoms with van der Waals surface area (Å²) in [7, 11) is 15.3. The molecule has 1 aliphatic heterocycles. The van der Waals surface area contributed by atoms with Crippen LogP contribution in [0.5, 0.6) is 0 Å². The van der Waals surface area contributed by atoms with Crippen molar-refractivity contribution in [2.24, 2.45) is 4.52 Å². The second-order valence-corrected chi connectivity index (χ2v) is 7.81. The van der Waals surface area contributed by atoms with Crippen LogP contribution in [0.2, 0.25) is 0 Å². The summed E-state index contributed by atoms with van der Waals surface area (Å²) in [6.45, 7) is 0. The molecule has 0 aliphatic carbocycles. The lowest BCUT2D eigenvalue weighted by Gasteiger charge is -2.48. The average molecular weight is 281 g/mol. The van der Waals surface area contributed by atoms with E-state index in [-0.39, 0.29) is 18.6 Å². The zero-order valence-corrected chi connectivity index (χ0v) is 13.9. The van der Waals surface area contributed by atoms with Gasteiger partial charge in [-0.3, -0.25) is 14.3 Å². The van der Waals surface area contributed by atoms with Gasteiger partial charge in [0, 0.05) is 6.16 Å². The van der Waals surface area contributed by atoms with Crippen molar-refractivity contribution < 1.29 is 5.48 Å². The summed E-state index contributed by atoms with van der Waals surface area (Å²) in [5.74, 6) is 0. The van der Waals surface area contributed by atoms with Gasteiger partial charge in [0.25, 0.3) is 0 Å². The van der Waals surface area contributed by atoms with Crippen molar-refractivity contribution in [2.75, 3.05) is 48.4 Å². The maximum absolute atomic E-state index is 4.59. The monoisotopic (exact) mass is 281 g/mol. The Bertz CT molecular complexity index is 273. The van der Waals surface area contributed by atoms with Crippen LogP contribution in [0.3, 0.4) is 0 Å². The van der Waals surface area contributed by atoms with E-state index in [9.17, 15) is 0 Å². The lowest BCUT2D eigenvalue weighted by molar-refractivity contribution is 0.0195. The fourth-order valence-electron chi connectivity index (χ4n) is 2.98. The Labute approximate surface area is 109 Å². The van der Waals surface area contributed by atoms with E-state index in [1.54, 1.807) is 0 Å². The van der Waals surface area contributed by atoms with Gasteiger partial charge in [-0.2, -0.15) is 0 Å². The van der Waals surface area contributed by atoms with Crippen LogP contribution in [0, 0.1) is 0 Å². The molecule has 1 heterocycles. The Morgan fingerprint density at radius 1 is 1.12 bits per heavy atom. The van der Waals surface area contributed by atoms with Crippen LogP contribution in [0.4, 0.5) is 0 Å². The fourth-order valence-corrected chi connectivity index (χ4v) is 6.57. The molecule has 0 aromatic rings. The van der Waals surface area contributed by atoms with Gasteiger partial charge in [0.2, 0.25) is 0 Å². The second-order valence-electron chi connectivity index (χ2n) is 4.98. The normalized spacial score (nSPS) is 26.0. The van der Waals surface area contributed by atoms with Crippen molar-refractivity contribution in [3.63, 3.8) is 0 Å². The molecule has 1 rings (SSSR count). The number of rotatable bonds is 3. The number of hydrogen-bond donors (Lipinski definition) is 0. The molecule has 7 heteroatoms. The Balaban J connectivity index is 0.00000256. The van der Waals surface area contributed by atoms with Crippen LogP contribution < -0.4 is 0 Å². The molecule has 1 radical (unpaired) electrons. The quantitative estimate of drug-likeness (QED) is 0.566. The van der Waals surface area contributed by atoms with Crippen molar-refractivity contribution >= 4 is 17.1 Å². The second kappa shape index (κ2) is 6.51.